The van der Waals surface area contributed by atoms with Gasteiger partial charge in [-0.15, -0.1) is 0 Å². The molecule has 18 heavy (non-hydrogen) atoms. The number of fused-ring (bicyclic) bond motifs is 1. The van der Waals surface area contributed by atoms with Crippen molar-refractivity contribution in [3.05, 3.63) is 34.2 Å². The van der Waals surface area contributed by atoms with Crippen molar-refractivity contribution in [2.24, 2.45) is 11.7 Å². The SMILES string of the molecule is NC(CC1CCNC1)c1ccc2[nH]c(=O)[nH]c2c1. The maximum absolute atomic E-state index is 11.2. The Morgan fingerprint density at radius 3 is 2.94 bits per heavy atom. The van der Waals surface area contributed by atoms with Crippen molar-refractivity contribution in [3.8, 4) is 0 Å². The van der Waals surface area contributed by atoms with Crippen LogP contribution in [0.5, 0.6) is 0 Å². The largest absolute Gasteiger partial charge is 0.324 e. The Balaban J connectivity index is 1.81. The van der Waals surface area contributed by atoms with Crippen LogP contribution < -0.4 is 16.7 Å². The van der Waals surface area contributed by atoms with E-state index in [0.29, 0.717) is 5.92 Å². The second-order valence-electron chi connectivity index (χ2n) is 5.09. The van der Waals surface area contributed by atoms with Crippen LogP contribution in [0.3, 0.4) is 0 Å². The summed E-state index contributed by atoms with van der Waals surface area (Å²) >= 11 is 0. The maximum Gasteiger partial charge on any atom is 0.323 e. The van der Waals surface area contributed by atoms with Crippen LogP contribution in [-0.2, 0) is 0 Å². The molecule has 0 bridgehead atoms. The van der Waals surface area contributed by atoms with Crippen LogP contribution in [-0.4, -0.2) is 23.1 Å². The first-order valence-electron chi connectivity index (χ1n) is 6.40. The molecule has 0 saturated carbocycles. The number of rotatable bonds is 3. The third-order valence-corrected chi connectivity index (χ3v) is 3.72. The van der Waals surface area contributed by atoms with Gasteiger partial charge in [0.15, 0.2) is 0 Å². The van der Waals surface area contributed by atoms with Crippen molar-refractivity contribution >= 4 is 11.0 Å². The van der Waals surface area contributed by atoms with Crippen LogP contribution in [0.25, 0.3) is 11.0 Å². The number of imidazole rings is 1. The molecule has 1 saturated heterocycles. The van der Waals surface area contributed by atoms with Crippen LogP contribution in [0.15, 0.2) is 23.0 Å². The van der Waals surface area contributed by atoms with Crippen molar-refractivity contribution in [2.45, 2.75) is 18.9 Å². The van der Waals surface area contributed by atoms with Crippen molar-refractivity contribution in [1.82, 2.24) is 15.3 Å². The van der Waals surface area contributed by atoms with Crippen molar-refractivity contribution in [1.29, 1.82) is 0 Å². The second-order valence-corrected chi connectivity index (χ2v) is 5.09. The van der Waals surface area contributed by atoms with Crippen LogP contribution in [0, 0.1) is 5.92 Å². The summed E-state index contributed by atoms with van der Waals surface area (Å²) in [5.41, 5.74) is 8.82. The van der Waals surface area contributed by atoms with Crippen LogP contribution in [0.1, 0.15) is 24.4 Å². The first-order chi connectivity index (χ1) is 8.72. The molecule has 1 aromatic heterocycles. The number of hydrogen-bond donors (Lipinski definition) is 4. The smallest absolute Gasteiger partial charge is 0.323 e. The topological polar surface area (TPSA) is 86.7 Å². The molecule has 2 aromatic rings. The van der Waals surface area contributed by atoms with Gasteiger partial charge in [-0.3, -0.25) is 0 Å². The zero-order valence-corrected chi connectivity index (χ0v) is 10.2. The second kappa shape index (κ2) is 4.59. The first kappa shape index (κ1) is 11.5. The van der Waals surface area contributed by atoms with Crippen LogP contribution >= 0.6 is 0 Å². The van der Waals surface area contributed by atoms with E-state index in [1.54, 1.807) is 0 Å². The van der Waals surface area contributed by atoms with Gasteiger partial charge in [0.1, 0.15) is 0 Å². The number of benzene rings is 1. The predicted octanol–water partition coefficient (Wildman–Crippen LogP) is 0.856. The number of H-pyrrole nitrogens is 2. The van der Waals surface area contributed by atoms with E-state index in [1.807, 2.05) is 18.2 Å². The number of nitrogens with two attached hydrogens (primary N) is 1. The van der Waals surface area contributed by atoms with E-state index in [0.717, 1.165) is 36.1 Å². The summed E-state index contributed by atoms with van der Waals surface area (Å²) in [4.78, 5) is 16.7. The minimum absolute atomic E-state index is 0.0395. The molecular weight excluding hydrogens is 228 g/mol. The highest BCUT2D eigenvalue weighted by Crippen LogP contribution is 2.24. The van der Waals surface area contributed by atoms with Crippen molar-refractivity contribution in [3.63, 3.8) is 0 Å². The van der Waals surface area contributed by atoms with Crippen LogP contribution in [0.2, 0.25) is 0 Å². The standard InChI is InChI=1S/C13H18N4O/c14-10(5-8-3-4-15-7-8)9-1-2-11-12(6-9)17-13(18)16-11/h1-2,6,8,10,15H,3-5,7,14H2,(H2,16,17,18). The number of aromatic nitrogens is 2. The molecule has 5 heteroatoms. The highest BCUT2D eigenvalue weighted by molar-refractivity contribution is 5.75. The third-order valence-electron chi connectivity index (χ3n) is 3.72. The van der Waals surface area contributed by atoms with Gasteiger partial charge in [-0.2, -0.15) is 0 Å². The maximum atomic E-state index is 11.2. The van der Waals surface area contributed by atoms with Gasteiger partial charge in [0.2, 0.25) is 0 Å². The van der Waals surface area contributed by atoms with E-state index in [9.17, 15) is 4.79 Å². The molecule has 5 nitrogen and oxygen atoms in total. The monoisotopic (exact) mass is 246 g/mol. The summed E-state index contributed by atoms with van der Waals surface area (Å²) in [6.45, 7) is 2.17. The van der Waals surface area contributed by atoms with Gasteiger partial charge in [-0.1, -0.05) is 6.07 Å². The number of aromatic amines is 2. The lowest BCUT2D eigenvalue weighted by Gasteiger charge is -2.16. The average Bonchev–Trinajstić information content (AvgIpc) is 2.95. The molecule has 1 fully saturated rings. The van der Waals surface area contributed by atoms with Gasteiger partial charge in [-0.05, 0) is 49.5 Å². The zero-order chi connectivity index (χ0) is 12.5. The van der Waals surface area contributed by atoms with Gasteiger partial charge >= 0.3 is 5.69 Å². The zero-order valence-electron chi connectivity index (χ0n) is 10.2. The fourth-order valence-corrected chi connectivity index (χ4v) is 2.69. The lowest BCUT2D eigenvalue weighted by atomic mass is 9.94. The molecule has 0 aliphatic carbocycles. The molecule has 2 unspecified atom stereocenters. The Labute approximate surface area is 105 Å². The fraction of sp³-hybridized carbons (Fsp3) is 0.462. The fourth-order valence-electron chi connectivity index (χ4n) is 2.69. The minimum atomic E-state index is -0.171. The molecule has 1 aromatic carbocycles. The lowest BCUT2D eigenvalue weighted by molar-refractivity contribution is 0.473. The Morgan fingerprint density at radius 2 is 2.17 bits per heavy atom. The predicted molar refractivity (Wildman–Crippen MR) is 71.4 cm³/mol. The average molecular weight is 246 g/mol. The van der Waals surface area contributed by atoms with Crippen molar-refractivity contribution < 1.29 is 0 Å². The summed E-state index contributed by atoms with van der Waals surface area (Å²) in [6.07, 6.45) is 2.20. The number of hydrogen-bond acceptors (Lipinski definition) is 3. The quantitative estimate of drug-likeness (QED) is 0.647. The molecule has 5 N–H and O–H groups in total. The molecule has 0 spiro atoms. The molecule has 0 radical (unpaired) electrons. The summed E-state index contributed by atoms with van der Waals surface area (Å²) in [5, 5.41) is 3.35. The molecule has 0 amide bonds. The highest BCUT2D eigenvalue weighted by Gasteiger charge is 2.18. The Bertz CT molecular complexity index is 594. The van der Waals surface area contributed by atoms with E-state index < -0.39 is 0 Å². The molecule has 2 atom stereocenters. The minimum Gasteiger partial charge on any atom is -0.324 e. The number of nitrogens with one attached hydrogen (secondary N) is 3. The summed E-state index contributed by atoms with van der Waals surface area (Å²) in [6, 6.07) is 5.92. The molecule has 96 valence electrons. The first-order valence-corrected chi connectivity index (χ1v) is 6.40. The summed E-state index contributed by atoms with van der Waals surface area (Å²) in [7, 11) is 0. The summed E-state index contributed by atoms with van der Waals surface area (Å²) < 4.78 is 0. The Morgan fingerprint density at radius 1 is 1.33 bits per heavy atom. The van der Waals surface area contributed by atoms with Gasteiger partial charge in [0.25, 0.3) is 0 Å². The lowest BCUT2D eigenvalue weighted by Crippen LogP contribution is -2.17. The molecule has 3 rings (SSSR count). The van der Waals surface area contributed by atoms with Gasteiger partial charge < -0.3 is 21.0 Å². The highest BCUT2D eigenvalue weighted by atomic mass is 16.1. The van der Waals surface area contributed by atoms with Crippen LogP contribution in [0.4, 0.5) is 0 Å². The summed E-state index contributed by atoms with van der Waals surface area (Å²) in [5.74, 6) is 0.668. The van der Waals surface area contributed by atoms with Crippen molar-refractivity contribution in [2.75, 3.05) is 13.1 Å². The van der Waals surface area contributed by atoms with E-state index >= 15 is 0 Å². The third kappa shape index (κ3) is 2.19. The molecule has 1 aliphatic rings. The van der Waals surface area contributed by atoms with E-state index in [1.165, 1.54) is 6.42 Å². The Kier molecular flexibility index (Phi) is 2.93. The van der Waals surface area contributed by atoms with Gasteiger partial charge in [-0.25, -0.2) is 4.79 Å². The molecule has 1 aliphatic heterocycles. The van der Waals surface area contributed by atoms with E-state index in [-0.39, 0.29) is 11.7 Å². The van der Waals surface area contributed by atoms with E-state index in [4.69, 9.17) is 5.73 Å². The molecular formula is C13H18N4O. The Hall–Kier alpha value is -1.59. The normalized spacial score (nSPS) is 21.5. The van der Waals surface area contributed by atoms with Gasteiger partial charge in [0.05, 0.1) is 11.0 Å². The molecule has 2 heterocycles. The van der Waals surface area contributed by atoms with Gasteiger partial charge in [0, 0.05) is 6.04 Å². The van der Waals surface area contributed by atoms with E-state index in [2.05, 4.69) is 15.3 Å².